The van der Waals surface area contributed by atoms with Gasteiger partial charge in [0.1, 0.15) is 0 Å². The second-order valence-corrected chi connectivity index (χ2v) is 37.1. The van der Waals surface area contributed by atoms with Crippen LogP contribution in [0.3, 0.4) is 0 Å². The number of aromatic nitrogens is 4. The number of fused-ring (bicyclic) bond motifs is 27. The Morgan fingerprint density at radius 3 is 0.556 bits per heavy atom. The standard InChI is InChI=1S/C60H34N2O2S.C54H32N2O2S/c63-65(64)57-27-25-39(35-17-21-37(22-18-35)41-31-49-43-9-1-5-13-53(43)61-54-14-6-2-10-44(54)50(32-41)59(49)61)29-47(57)48-30-40(26-28-58(48)65)36-19-23-38(24-20-36)42-33-51-45-11-3-7-15-55(45)62-56-16-8-4-12-46(56)52(34-42)60(51)62;57-59(58)52-27-23-36(33-17-19-35(20-18-33)38-31-46-42-11-3-7-15-50(42)56-51-16-8-4-12-43(51)47(32-38)54(46)56)29-44(52)45-30-37(24-28-53(45)59)34-21-25-39(26-22-34)55-48-13-5-1-9-40(48)41-10-2-6-14-49(41)55/h1-34H;1-32H. The molecule has 0 radical (unpaired) electrons. The average molecular weight is 1620 g/mol. The van der Waals surface area contributed by atoms with Crippen molar-refractivity contribution < 1.29 is 16.8 Å². The first-order valence-electron chi connectivity index (χ1n) is 42.0. The highest BCUT2D eigenvalue weighted by molar-refractivity contribution is 7.92. The van der Waals surface area contributed by atoms with Crippen molar-refractivity contribution in [3.8, 4) is 106 Å². The van der Waals surface area contributed by atoms with Crippen LogP contribution < -0.4 is 0 Å². The van der Waals surface area contributed by atoms with Gasteiger partial charge in [-0.05, 0) is 223 Å². The Labute approximate surface area is 711 Å². The quantitative estimate of drug-likeness (QED) is 0.152. The van der Waals surface area contributed by atoms with Crippen LogP contribution in [-0.2, 0) is 19.7 Å². The molecule has 0 aliphatic carbocycles. The number of hydrogen-bond donors (Lipinski definition) is 0. The highest BCUT2D eigenvalue weighted by Crippen LogP contribution is 2.52. The maximum Gasteiger partial charge on any atom is 0.207 e. The van der Waals surface area contributed by atoms with Gasteiger partial charge in [-0.2, -0.15) is 0 Å². The Morgan fingerprint density at radius 1 is 0.153 bits per heavy atom. The van der Waals surface area contributed by atoms with E-state index in [1.165, 1.54) is 142 Å². The molecule has 0 unspecified atom stereocenters. The summed E-state index contributed by atoms with van der Waals surface area (Å²) in [5, 5.41) is 17.5. The van der Waals surface area contributed by atoms with Crippen LogP contribution in [0.4, 0.5) is 0 Å². The molecule has 7 aromatic heterocycles. The van der Waals surface area contributed by atoms with Gasteiger partial charge >= 0.3 is 0 Å². The van der Waals surface area contributed by atoms with E-state index in [2.05, 4.69) is 357 Å². The smallest absolute Gasteiger partial charge is 0.207 e. The molecule has 2 aliphatic rings. The predicted octanol–water partition coefficient (Wildman–Crippen LogP) is 29.2. The van der Waals surface area contributed by atoms with Crippen molar-refractivity contribution in [3.63, 3.8) is 0 Å². The van der Waals surface area contributed by atoms with Gasteiger partial charge in [-0.15, -0.1) is 0 Å². The topological polar surface area (TPSA) is 86.4 Å². The van der Waals surface area contributed by atoms with Gasteiger partial charge < -0.3 is 17.8 Å². The van der Waals surface area contributed by atoms with Crippen LogP contribution in [0.15, 0.2) is 420 Å². The molecule has 0 saturated carbocycles. The zero-order valence-electron chi connectivity index (χ0n) is 66.3. The number of hydrogen-bond acceptors (Lipinski definition) is 4. The predicted molar refractivity (Wildman–Crippen MR) is 511 cm³/mol. The van der Waals surface area contributed by atoms with Crippen molar-refractivity contribution in [3.05, 3.63) is 400 Å². The maximum absolute atomic E-state index is 13.9. The van der Waals surface area contributed by atoms with Gasteiger partial charge in [-0.25, -0.2) is 16.8 Å². The Bertz CT molecular complexity index is 8800. The first-order valence-corrected chi connectivity index (χ1v) is 45.0. The monoisotopic (exact) mass is 1620 g/mol. The lowest BCUT2D eigenvalue weighted by Gasteiger charge is -2.10. The molecule has 8 nitrogen and oxygen atoms in total. The average Bonchev–Trinajstić information content (AvgIpc) is 1.55. The first kappa shape index (κ1) is 69.1. The summed E-state index contributed by atoms with van der Waals surface area (Å²) in [6.45, 7) is 0. The molecular weight excluding hydrogens is 1550 g/mol. The van der Waals surface area contributed by atoms with E-state index in [-0.39, 0.29) is 0 Å². The highest BCUT2D eigenvalue weighted by Gasteiger charge is 2.36. The molecule has 10 heteroatoms. The lowest BCUT2D eigenvalue weighted by Crippen LogP contribution is -1.96. The molecule has 0 fully saturated rings. The zero-order chi connectivity index (χ0) is 81.7. The number of benzene rings is 19. The number of rotatable bonds is 8. The molecule has 0 spiro atoms. The fourth-order valence-electron chi connectivity index (χ4n) is 21.3. The summed E-state index contributed by atoms with van der Waals surface area (Å²) in [6.07, 6.45) is 0. The fraction of sp³-hybridized carbons (Fsp3) is 0. The van der Waals surface area contributed by atoms with Gasteiger partial charge in [0.2, 0.25) is 19.7 Å². The molecule has 9 heterocycles. The molecule has 0 saturated heterocycles. The molecule has 26 aromatic rings. The van der Waals surface area contributed by atoms with E-state index in [1.807, 2.05) is 36.4 Å². The van der Waals surface area contributed by atoms with Crippen LogP contribution in [0.5, 0.6) is 0 Å². The van der Waals surface area contributed by atoms with Crippen molar-refractivity contribution in [2.45, 2.75) is 19.6 Å². The fourth-order valence-corrected chi connectivity index (χ4v) is 24.6. The third-order valence-corrected chi connectivity index (χ3v) is 30.7. The minimum atomic E-state index is -3.66. The third-order valence-electron chi connectivity index (χ3n) is 27.0. The molecule has 19 aromatic carbocycles. The van der Waals surface area contributed by atoms with Gasteiger partial charge in [0.25, 0.3) is 0 Å². The van der Waals surface area contributed by atoms with Crippen LogP contribution in [0.2, 0.25) is 0 Å². The highest BCUT2D eigenvalue weighted by atomic mass is 32.2. The Hall–Kier alpha value is -15.7. The van der Waals surface area contributed by atoms with Crippen LogP contribution in [0.1, 0.15) is 0 Å². The molecule has 578 valence electrons. The van der Waals surface area contributed by atoms with Gasteiger partial charge in [-0.3, -0.25) is 0 Å². The Kier molecular flexibility index (Phi) is 14.2. The second-order valence-electron chi connectivity index (χ2n) is 33.4. The lowest BCUT2D eigenvalue weighted by atomic mass is 9.94. The van der Waals surface area contributed by atoms with Crippen molar-refractivity contribution in [2.24, 2.45) is 0 Å². The zero-order valence-corrected chi connectivity index (χ0v) is 68.0. The van der Waals surface area contributed by atoms with Crippen molar-refractivity contribution >= 4 is 156 Å². The van der Waals surface area contributed by atoms with Gasteiger partial charge in [0.15, 0.2) is 0 Å². The minimum absolute atomic E-state index is 0.358. The third kappa shape index (κ3) is 9.71. The van der Waals surface area contributed by atoms with Crippen molar-refractivity contribution in [1.82, 2.24) is 17.8 Å². The molecular formula is C114H66N4O4S2. The van der Waals surface area contributed by atoms with Gasteiger partial charge in [0, 0.05) is 103 Å². The van der Waals surface area contributed by atoms with E-state index in [0.717, 1.165) is 100 Å². The van der Waals surface area contributed by atoms with E-state index in [4.69, 9.17) is 0 Å². The lowest BCUT2D eigenvalue weighted by molar-refractivity contribution is 0.597. The molecule has 2 aliphatic heterocycles. The van der Waals surface area contributed by atoms with E-state index in [0.29, 0.717) is 19.6 Å². The van der Waals surface area contributed by atoms with Crippen LogP contribution in [0, 0.1) is 0 Å². The Balaban J connectivity index is 0.000000130. The SMILES string of the molecule is O=S1(=O)c2ccc(-c3ccc(-c4cc5c6ccccc6n6c7ccccc7c(c4)c56)cc3)cc2-c2cc(-c3ccc(-c4cc5c6ccccc6n6c7ccccc7c(c4)c56)cc3)ccc21.O=S1(=O)c2ccc(-c3ccc(-c4cc5c6ccccc6n6c7ccccc7c(c4)c56)cc3)cc2-c2cc(-c3ccc(-n4c5ccccc5c5ccccc54)cc3)ccc21. The van der Waals surface area contributed by atoms with Crippen LogP contribution in [0.25, 0.3) is 242 Å². The molecule has 0 amide bonds. The van der Waals surface area contributed by atoms with Gasteiger partial charge in [0.05, 0.1) is 80.3 Å². The minimum Gasteiger partial charge on any atom is -0.309 e. The van der Waals surface area contributed by atoms with Gasteiger partial charge in [-0.1, -0.05) is 255 Å². The van der Waals surface area contributed by atoms with E-state index < -0.39 is 19.7 Å². The summed E-state index contributed by atoms with van der Waals surface area (Å²) in [7, 11) is -7.30. The number of para-hydroxylation sites is 8. The summed E-state index contributed by atoms with van der Waals surface area (Å²) >= 11 is 0. The maximum atomic E-state index is 13.9. The molecule has 0 atom stereocenters. The van der Waals surface area contributed by atoms with E-state index in [9.17, 15) is 16.8 Å². The van der Waals surface area contributed by atoms with Crippen molar-refractivity contribution in [2.75, 3.05) is 0 Å². The van der Waals surface area contributed by atoms with E-state index in [1.54, 1.807) is 24.3 Å². The summed E-state index contributed by atoms with van der Waals surface area (Å²) in [6, 6.07) is 141. The molecule has 28 rings (SSSR count). The summed E-state index contributed by atoms with van der Waals surface area (Å²) < 4.78 is 65.1. The molecule has 0 bridgehead atoms. The van der Waals surface area contributed by atoms with Crippen LogP contribution >= 0.6 is 0 Å². The summed E-state index contributed by atoms with van der Waals surface area (Å²) in [4.78, 5) is 1.44. The van der Waals surface area contributed by atoms with Crippen molar-refractivity contribution in [1.29, 1.82) is 0 Å². The molecule has 0 N–H and O–H groups in total. The largest absolute Gasteiger partial charge is 0.309 e. The number of sulfone groups is 2. The summed E-state index contributed by atoms with van der Waals surface area (Å²) in [5.74, 6) is 0. The van der Waals surface area contributed by atoms with Crippen LogP contribution in [-0.4, -0.2) is 34.6 Å². The first-order chi connectivity index (χ1) is 61.0. The normalized spacial score (nSPS) is 13.4. The number of nitrogens with zero attached hydrogens (tertiary/aromatic N) is 4. The summed E-state index contributed by atoms with van der Waals surface area (Å²) in [5.41, 5.74) is 32.5. The molecule has 124 heavy (non-hydrogen) atoms. The second kappa shape index (κ2) is 25.4. The Morgan fingerprint density at radius 2 is 0.331 bits per heavy atom. The van der Waals surface area contributed by atoms with E-state index >= 15 is 0 Å².